The summed E-state index contributed by atoms with van der Waals surface area (Å²) in [6.07, 6.45) is -0.449. The Kier molecular flexibility index (Phi) is 6.06. The van der Waals surface area contributed by atoms with E-state index in [9.17, 15) is 14.0 Å². The van der Waals surface area contributed by atoms with Crippen LogP contribution in [0.4, 0.5) is 10.1 Å². The summed E-state index contributed by atoms with van der Waals surface area (Å²) in [4.78, 5) is 24.6. The van der Waals surface area contributed by atoms with Crippen molar-refractivity contribution in [2.45, 2.75) is 19.4 Å². The van der Waals surface area contributed by atoms with Gasteiger partial charge >= 0.3 is 0 Å². The number of benzene rings is 2. The fourth-order valence-electron chi connectivity index (χ4n) is 2.48. The van der Waals surface area contributed by atoms with Crippen LogP contribution in [-0.4, -0.2) is 21.8 Å². The van der Waals surface area contributed by atoms with E-state index in [4.69, 9.17) is 16.3 Å². The molecule has 3 aromatic rings. The fraction of sp³-hybridized carbons (Fsp3) is 0.150. The second kappa shape index (κ2) is 8.67. The quantitative estimate of drug-likeness (QED) is 0.681. The maximum atomic E-state index is 13.1. The van der Waals surface area contributed by atoms with E-state index < -0.39 is 17.5 Å². The first-order valence-electron chi connectivity index (χ1n) is 8.55. The summed E-state index contributed by atoms with van der Waals surface area (Å²) in [5, 5.41) is 7.35. The lowest BCUT2D eigenvalue weighted by Crippen LogP contribution is -2.33. The predicted octanol–water partition coefficient (Wildman–Crippen LogP) is 3.82. The molecule has 28 heavy (non-hydrogen) atoms. The zero-order valence-electron chi connectivity index (χ0n) is 14.9. The Morgan fingerprint density at radius 2 is 1.96 bits per heavy atom. The molecule has 2 aromatic carbocycles. The number of hydrogen-bond donors (Lipinski definition) is 1. The summed E-state index contributed by atoms with van der Waals surface area (Å²) in [6, 6.07) is 14.7. The Morgan fingerprint density at radius 3 is 2.64 bits per heavy atom. The fourth-order valence-corrected chi connectivity index (χ4v) is 2.67. The van der Waals surface area contributed by atoms with Crippen molar-refractivity contribution in [2.75, 3.05) is 5.32 Å². The van der Waals surface area contributed by atoms with Crippen molar-refractivity contribution in [1.29, 1.82) is 0 Å². The van der Waals surface area contributed by atoms with Crippen LogP contribution in [0.5, 0.6) is 5.88 Å². The van der Waals surface area contributed by atoms with Gasteiger partial charge in [0.15, 0.2) is 6.10 Å². The van der Waals surface area contributed by atoms with Crippen LogP contribution in [0.15, 0.2) is 65.5 Å². The largest absolute Gasteiger partial charge is 0.463 e. The topological polar surface area (TPSA) is 73.2 Å². The van der Waals surface area contributed by atoms with E-state index in [0.717, 1.165) is 4.68 Å². The number of anilines is 1. The van der Waals surface area contributed by atoms with Crippen LogP contribution < -0.4 is 15.6 Å². The van der Waals surface area contributed by atoms with Crippen molar-refractivity contribution in [3.63, 3.8) is 0 Å². The lowest BCUT2D eigenvalue weighted by atomic mass is 10.2. The van der Waals surface area contributed by atoms with Crippen LogP contribution in [-0.2, 0) is 4.79 Å². The summed E-state index contributed by atoms with van der Waals surface area (Å²) in [5.41, 5.74) is 0.521. The van der Waals surface area contributed by atoms with E-state index in [1.54, 1.807) is 31.2 Å². The van der Waals surface area contributed by atoms with Gasteiger partial charge in [-0.3, -0.25) is 9.59 Å². The molecule has 0 saturated carbocycles. The van der Waals surface area contributed by atoms with E-state index in [1.165, 1.54) is 36.4 Å². The SMILES string of the molecule is CCC(Oc1ccc(=O)n(-c2ccc(F)cc2)n1)C(=O)Nc1cccc(Cl)c1. The summed E-state index contributed by atoms with van der Waals surface area (Å²) in [6.45, 7) is 1.79. The highest BCUT2D eigenvalue weighted by Gasteiger charge is 2.20. The van der Waals surface area contributed by atoms with Crippen molar-refractivity contribution in [2.24, 2.45) is 0 Å². The third-order valence-electron chi connectivity index (χ3n) is 3.87. The molecule has 1 N–H and O–H groups in total. The van der Waals surface area contributed by atoms with E-state index in [-0.39, 0.29) is 11.8 Å². The van der Waals surface area contributed by atoms with Gasteiger partial charge in [0.25, 0.3) is 11.5 Å². The molecule has 0 fully saturated rings. The number of ether oxygens (including phenoxy) is 1. The zero-order chi connectivity index (χ0) is 20.1. The number of rotatable bonds is 6. The standard InChI is InChI=1S/C20H17ClFN3O3/c1-2-17(20(27)23-15-5-3-4-13(21)12-15)28-18-10-11-19(26)25(24-18)16-8-6-14(22)7-9-16/h3-12,17H,2H2,1H3,(H,23,27). The molecule has 1 aromatic heterocycles. The van der Waals surface area contributed by atoms with Crippen molar-refractivity contribution >= 4 is 23.2 Å². The molecule has 0 saturated heterocycles. The average Bonchev–Trinajstić information content (AvgIpc) is 2.68. The minimum atomic E-state index is -0.828. The first-order chi connectivity index (χ1) is 13.5. The number of carbonyl (C=O) groups excluding carboxylic acids is 1. The molecule has 144 valence electrons. The first-order valence-corrected chi connectivity index (χ1v) is 8.93. The van der Waals surface area contributed by atoms with Crippen molar-refractivity contribution < 1.29 is 13.9 Å². The van der Waals surface area contributed by atoms with Crippen LogP contribution >= 0.6 is 11.6 Å². The van der Waals surface area contributed by atoms with Crippen molar-refractivity contribution in [3.8, 4) is 11.6 Å². The second-order valence-electron chi connectivity index (χ2n) is 5.91. The van der Waals surface area contributed by atoms with Gasteiger partial charge in [-0.2, -0.15) is 4.68 Å². The maximum Gasteiger partial charge on any atom is 0.271 e. The van der Waals surface area contributed by atoms with Gasteiger partial charge in [-0.25, -0.2) is 4.39 Å². The lowest BCUT2D eigenvalue weighted by Gasteiger charge is -2.17. The van der Waals surface area contributed by atoms with E-state index in [2.05, 4.69) is 10.4 Å². The highest BCUT2D eigenvalue weighted by atomic mass is 35.5. The Balaban J connectivity index is 1.79. The lowest BCUT2D eigenvalue weighted by molar-refractivity contribution is -0.123. The highest BCUT2D eigenvalue weighted by molar-refractivity contribution is 6.30. The van der Waals surface area contributed by atoms with Gasteiger partial charge in [0.2, 0.25) is 5.88 Å². The molecule has 3 rings (SSSR count). The minimum Gasteiger partial charge on any atom is -0.463 e. The highest BCUT2D eigenvalue weighted by Crippen LogP contribution is 2.17. The van der Waals surface area contributed by atoms with E-state index >= 15 is 0 Å². The molecule has 1 amide bonds. The third kappa shape index (κ3) is 4.75. The van der Waals surface area contributed by atoms with Crippen molar-refractivity contribution in [3.05, 3.63) is 81.9 Å². The van der Waals surface area contributed by atoms with Crippen LogP contribution in [0.1, 0.15) is 13.3 Å². The van der Waals surface area contributed by atoms with Crippen LogP contribution in [0.3, 0.4) is 0 Å². The van der Waals surface area contributed by atoms with Gasteiger partial charge in [-0.15, -0.1) is 5.10 Å². The van der Waals surface area contributed by atoms with Gasteiger partial charge in [-0.05, 0) is 48.9 Å². The summed E-state index contributed by atoms with van der Waals surface area (Å²) < 4.78 is 19.9. The Hall–Kier alpha value is -3.19. The summed E-state index contributed by atoms with van der Waals surface area (Å²) >= 11 is 5.92. The van der Waals surface area contributed by atoms with Gasteiger partial charge in [0, 0.05) is 22.8 Å². The minimum absolute atomic E-state index is 0.0945. The van der Waals surface area contributed by atoms with Crippen LogP contribution in [0.2, 0.25) is 5.02 Å². The molecule has 8 heteroatoms. The van der Waals surface area contributed by atoms with E-state index in [1.807, 2.05) is 0 Å². The molecular formula is C20H17ClFN3O3. The number of nitrogens with zero attached hydrogens (tertiary/aromatic N) is 2. The number of hydrogen-bond acceptors (Lipinski definition) is 4. The average molecular weight is 402 g/mol. The predicted molar refractivity (Wildman–Crippen MR) is 105 cm³/mol. The van der Waals surface area contributed by atoms with E-state index in [0.29, 0.717) is 22.8 Å². The summed E-state index contributed by atoms with van der Waals surface area (Å²) in [7, 11) is 0. The molecular weight excluding hydrogens is 385 g/mol. The normalized spacial score (nSPS) is 11.7. The molecule has 0 aliphatic carbocycles. The molecule has 1 atom stereocenters. The Labute approximate surface area is 165 Å². The number of nitrogens with one attached hydrogen (secondary N) is 1. The smallest absolute Gasteiger partial charge is 0.271 e. The van der Waals surface area contributed by atoms with Gasteiger partial charge < -0.3 is 10.1 Å². The molecule has 1 heterocycles. The van der Waals surface area contributed by atoms with Crippen LogP contribution in [0, 0.1) is 5.82 Å². The molecule has 6 nitrogen and oxygen atoms in total. The number of aromatic nitrogens is 2. The number of amides is 1. The Bertz CT molecular complexity index is 1040. The molecule has 0 aliphatic heterocycles. The molecule has 0 bridgehead atoms. The third-order valence-corrected chi connectivity index (χ3v) is 4.10. The monoisotopic (exact) mass is 401 g/mol. The van der Waals surface area contributed by atoms with Crippen molar-refractivity contribution in [1.82, 2.24) is 9.78 Å². The molecule has 1 unspecified atom stereocenters. The maximum absolute atomic E-state index is 13.1. The first kappa shape index (κ1) is 19.6. The zero-order valence-corrected chi connectivity index (χ0v) is 15.7. The molecule has 0 aliphatic rings. The summed E-state index contributed by atoms with van der Waals surface area (Å²) in [5.74, 6) is -0.698. The Morgan fingerprint density at radius 1 is 1.21 bits per heavy atom. The second-order valence-corrected chi connectivity index (χ2v) is 6.35. The van der Waals surface area contributed by atoms with Gasteiger partial charge in [0.05, 0.1) is 5.69 Å². The molecule has 0 spiro atoms. The molecule has 0 radical (unpaired) electrons. The number of carbonyl (C=O) groups is 1. The van der Waals surface area contributed by atoms with Crippen LogP contribution in [0.25, 0.3) is 5.69 Å². The van der Waals surface area contributed by atoms with Gasteiger partial charge in [0.1, 0.15) is 5.82 Å². The number of halogens is 2. The van der Waals surface area contributed by atoms with Gasteiger partial charge in [-0.1, -0.05) is 24.6 Å².